The van der Waals surface area contributed by atoms with Crippen molar-refractivity contribution in [3.8, 4) is 5.69 Å². The van der Waals surface area contributed by atoms with Crippen LogP contribution in [0.15, 0.2) is 30.6 Å². The second-order valence-corrected chi connectivity index (χ2v) is 5.06. The van der Waals surface area contributed by atoms with E-state index in [9.17, 15) is 4.79 Å². The first kappa shape index (κ1) is 13.1. The predicted octanol–water partition coefficient (Wildman–Crippen LogP) is 0.978. The Hall–Kier alpha value is -1.92. The van der Waals surface area contributed by atoms with Crippen LogP contribution in [0.1, 0.15) is 5.56 Å². The first-order valence-corrected chi connectivity index (χ1v) is 6.62. The number of carbonyl (C=O) groups is 1. The van der Waals surface area contributed by atoms with Gasteiger partial charge in [0.05, 0.1) is 30.7 Å². The van der Waals surface area contributed by atoms with Crippen LogP contribution in [0.5, 0.6) is 0 Å². The monoisotopic (exact) mass is 292 g/mol. The number of hydrogen-bond donors (Lipinski definition) is 1. The summed E-state index contributed by atoms with van der Waals surface area (Å²) in [6.45, 7) is 0.641. The largest absolute Gasteiger partial charge is 0.369 e. The van der Waals surface area contributed by atoms with Gasteiger partial charge in [0.2, 0.25) is 5.91 Å². The molecule has 1 atom stereocenters. The molecule has 104 valence electrons. The van der Waals surface area contributed by atoms with Gasteiger partial charge < -0.3 is 10.1 Å². The summed E-state index contributed by atoms with van der Waals surface area (Å²) in [5.41, 5.74) is 1.79. The van der Waals surface area contributed by atoms with Crippen LogP contribution in [-0.2, 0) is 16.0 Å². The molecule has 20 heavy (non-hydrogen) atoms. The molecular weight excluding hydrogens is 280 g/mol. The van der Waals surface area contributed by atoms with E-state index in [1.54, 1.807) is 18.5 Å². The third kappa shape index (κ3) is 2.97. The number of morpholine rings is 1. The zero-order valence-electron chi connectivity index (χ0n) is 10.6. The summed E-state index contributed by atoms with van der Waals surface area (Å²) in [6, 6.07) is 5.58. The van der Waals surface area contributed by atoms with E-state index < -0.39 is 0 Å². The number of ether oxygens (including phenoxy) is 1. The number of aromatic nitrogens is 3. The Morgan fingerprint density at radius 1 is 1.35 bits per heavy atom. The fraction of sp³-hybridized carbons (Fsp3) is 0.308. The van der Waals surface area contributed by atoms with Gasteiger partial charge in [-0.2, -0.15) is 15.0 Å². The van der Waals surface area contributed by atoms with Crippen LogP contribution in [0.4, 0.5) is 0 Å². The number of amides is 1. The van der Waals surface area contributed by atoms with E-state index in [1.165, 1.54) is 4.80 Å². The third-order valence-corrected chi connectivity index (χ3v) is 3.21. The zero-order chi connectivity index (χ0) is 13.9. The summed E-state index contributed by atoms with van der Waals surface area (Å²) >= 11 is 6.13. The summed E-state index contributed by atoms with van der Waals surface area (Å²) < 4.78 is 5.22. The fourth-order valence-corrected chi connectivity index (χ4v) is 2.47. The number of carbonyl (C=O) groups excluding carboxylic acids is 1. The Balaban J connectivity index is 1.81. The normalized spacial score (nSPS) is 18.9. The van der Waals surface area contributed by atoms with Crippen molar-refractivity contribution >= 4 is 17.5 Å². The van der Waals surface area contributed by atoms with Crippen molar-refractivity contribution in [2.24, 2.45) is 0 Å². The number of rotatable bonds is 3. The van der Waals surface area contributed by atoms with Gasteiger partial charge in [0, 0.05) is 5.02 Å². The molecule has 1 aromatic carbocycles. The average molecular weight is 293 g/mol. The smallest absolute Gasteiger partial charge is 0.246 e. The highest BCUT2D eigenvalue weighted by Gasteiger charge is 2.19. The Morgan fingerprint density at radius 2 is 2.15 bits per heavy atom. The summed E-state index contributed by atoms with van der Waals surface area (Å²) in [6.07, 6.45) is 3.87. The molecule has 1 aliphatic rings. The summed E-state index contributed by atoms with van der Waals surface area (Å²) in [7, 11) is 0. The predicted molar refractivity (Wildman–Crippen MR) is 72.8 cm³/mol. The van der Waals surface area contributed by atoms with Gasteiger partial charge >= 0.3 is 0 Å². The first-order chi connectivity index (χ1) is 9.70. The minimum absolute atomic E-state index is 0.0341. The number of hydrogen-bond acceptors (Lipinski definition) is 4. The van der Waals surface area contributed by atoms with E-state index in [2.05, 4.69) is 15.5 Å². The van der Waals surface area contributed by atoms with Crippen LogP contribution in [0.3, 0.4) is 0 Å². The number of nitrogens with zero attached hydrogens (tertiary/aromatic N) is 3. The molecule has 0 spiro atoms. The van der Waals surface area contributed by atoms with Crippen molar-refractivity contribution < 1.29 is 9.53 Å². The van der Waals surface area contributed by atoms with Crippen LogP contribution in [-0.4, -0.2) is 40.2 Å². The van der Waals surface area contributed by atoms with Gasteiger partial charge in [0.1, 0.15) is 6.61 Å². The Bertz CT molecular complexity index is 615. The van der Waals surface area contributed by atoms with Crippen molar-refractivity contribution in [3.63, 3.8) is 0 Å². The van der Waals surface area contributed by atoms with Gasteiger partial charge in [-0.15, -0.1) is 0 Å². The Kier molecular flexibility index (Phi) is 3.66. The van der Waals surface area contributed by atoms with Crippen molar-refractivity contribution in [1.29, 1.82) is 0 Å². The molecule has 7 heteroatoms. The highest BCUT2D eigenvalue weighted by atomic mass is 35.5. The molecule has 0 aliphatic carbocycles. The molecule has 1 saturated heterocycles. The molecule has 0 bridgehead atoms. The molecule has 2 aromatic rings. The Labute approximate surface area is 120 Å². The lowest BCUT2D eigenvalue weighted by atomic mass is 10.1. The van der Waals surface area contributed by atoms with Gasteiger partial charge in [-0.1, -0.05) is 11.6 Å². The second-order valence-electron chi connectivity index (χ2n) is 4.62. The molecule has 1 amide bonds. The summed E-state index contributed by atoms with van der Waals surface area (Å²) in [5, 5.41) is 11.7. The van der Waals surface area contributed by atoms with Crippen molar-refractivity contribution in [2.75, 3.05) is 13.2 Å². The summed E-state index contributed by atoms with van der Waals surface area (Å²) in [5.74, 6) is -0.0859. The zero-order valence-corrected chi connectivity index (χ0v) is 11.4. The molecule has 0 saturated carbocycles. The number of nitrogens with one attached hydrogen (secondary N) is 1. The van der Waals surface area contributed by atoms with Gasteiger partial charge in [-0.25, -0.2) is 0 Å². The van der Waals surface area contributed by atoms with Gasteiger partial charge in [-0.05, 0) is 30.2 Å². The maximum atomic E-state index is 11.3. The highest BCUT2D eigenvalue weighted by Crippen LogP contribution is 2.19. The van der Waals surface area contributed by atoms with Crippen molar-refractivity contribution in [3.05, 3.63) is 41.2 Å². The van der Waals surface area contributed by atoms with E-state index in [0.717, 1.165) is 11.3 Å². The van der Waals surface area contributed by atoms with Crippen LogP contribution < -0.4 is 5.32 Å². The van der Waals surface area contributed by atoms with E-state index in [-0.39, 0.29) is 18.6 Å². The molecular formula is C13H13ClN4O2. The SMILES string of the molecule is O=C1COC[C@@H](Cc2cc(Cl)cc(-n3nccn3)c2)N1. The van der Waals surface area contributed by atoms with E-state index in [1.807, 2.05) is 12.1 Å². The second kappa shape index (κ2) is 5.60. The van der Waals surface area contributed by atoms with E-state index >= 15 is 0 Å². The number of benzene rings is 1. The van der Waals surface area contributed by atoms with Gasteiger partial charge in [0.15, 0.2) is 0 Å². The Morgan fingerprint density at radius 3 is 2.90 bits per heavy atom. The fourth-order valence-electron chi connectivity index (χ4n) is 2.22. The first-order valence-electron chi connectivity index (χ1n) is 6.24. The molecule has 1 N–H and O–H groups in total. The molecule has 0 unspecified atom stereocenters. The number of halogens is 1. The van der Waals surface area contributed by atoms with E-state index in [0.29, 0.717) is 18.1 Å². The molecule has 2 heterocycles. The third-order valence-electron chi connectivity index (χ3n) is 2.99. The topological polar surface area (TPSA) is 69.0 Å². The molecule has 0 radical (unpaired) electrons. The van der Waals surface area contributed by atoms with Crippen molar-refractivity contribution in [2.45, 2.75) is 12.5 Å². The van der Waals surface area contributed by atoms with E-state index in [4.69, 9.17) is 16.3 Å². The van der Waals surface area contributed by atoms with Crippen molar-refractivity contribution in [1.82, 2.24) is 20.3 Å². The van der Waals surface area contributed by atoms with Gasteiger partial charge in [0.25, 0.3) is 0 Å². The average Bonchev–Trinajstić information content (AvgIpc) is 2.91. The standard InChI is InChI=1S/C13H13ClN4O2/c14-10-3-9(4-11-7-20-8-13(19)17-11)5-12(6-10)18-15-1-2-16-18/h1-3,5-6,11H,4,7-8H2,(H,17,19)/t11-/m1/s1. The quantitative estimate of drug-likeness (QED) is 0.915. The molecule has 1 aromatic heterocycles. The van der Waals surface area contributed by atoms with Gasteiger partial charge in [-0.3, -0.25) is 4.79 Å². The lowest BCUT2D eigenvalue weighted by molar-refractivity contribution is -0.131. The minimum atomic E-state index is -0.0859. The van der Waals surface area contributed by atoms with Crippen LogP contribution in [0.25, 0.3) is 5.69 Å². The maximum absolute atomic E-state index is 11.3. The minimum Gasteiger partial charge on any atom is -0.369 e. The molecule has 3 rings (SSSR count). The lowest BCUT2D eigenvalue weighted by Crippen LogP contribution is -2.46. The molecule has 6 nitrogen and oxygen atoms in total. The highest BCUT2D eigenvalue weighted by molar-refractivity contribution is 6.30. The van der Waals surface area contributed by atoms with Crippen LogP contribution in [0.2, 0.25) is 5.02 Å². The maximum Gasteiger partial charge on any atom is 0.246 e. The molecule has 1 aliphatic heterocycles. The lowest BCUT2D eigenvalue weighted by Gasteiger charge is -2.23. The van der Waals surface area contributed by atoms with Crippen LogP contribution >= 0.6 is 11.6 Å². The van der Waals surface area contributed by atoms with Crippen LogP contribution in [0, 0.1) is 0 Å². The summed E-state index contributed by atoms with van der Waals surface area (Å²) in [4.78, 5) is 12.8. The molecule has 1 fully saturated rings.